The Balaban J connectivity index is 3.06. The lowest BCUT2D eigenvalue weighted by Gasteiger charge is -2.08. The molecule has 4 heteroatoms. The van der Waals surface area contributed by atoms with E-state index in [0.29, 0.717) is 0 Å². The highest BCUT2D eigenvalue weighted by Crippen LogP contribution is 2.25. The predicted molar refractivity (Wildman–Crippen MR) is 46.5 cm³/mol. The van der Waals surface area contributed by atoms with E-state index in [1.165, 1.54) is 12.3 Å². The van der Waals surface area contributed by atoms with Crippen molar-refractivity contribution < 1.29 is 8.78 Å². The maximum atomic E-state index is 12.6. The van der Waals surface area contributed by atoms with Gasteiger partial charge in [0.05, 0.1) is 0 Å². The van der Waals surface area contributed by atoms with Gasteiger partial charge in [0.15, 0.2) is 0 Å². The Morgan fingerprint density at radius 1 is 1.55 bits per heavy atom. The Bertz CT molecular complexity index is 257. The summed E-state index contributed by atoms with van der Waals surface area (Å²) >= 11 is 1.97. The van der Waals surface area contributed by atoms with Crippen LogP contribution in [0.25, 0.3) is 0 Å². The molecule has 0 fully saturated rings. The second-order valence-corrected chi connectivity index (χ2v) is 3.49. The Morgan fingerprint density at radius 2 is 2.18 bits per heavy atom. The highest BCUT2D eigenvalue weighted by Gasteiger charge is 2.25. The lowest BCUT2D eigenvalue weighted by atomic mass is 10.2. The summed E-state index contributed by atoms with van der Waals surface area (Å²) in [5, 5.41) is 0. The van der Waals surface area contributed by atoms with Gasteiger partial charge in [-0.2, -0.15) is 8.78 Å². The molecule has 0 aliphatic carbocycles. The molecule has 0 aliphatic rings. The minimum absolute atomic E-state index is 0.176. The summed E-state index contributed by atoms with van der Waals surface area (Å²) in [4.78, 5) is 3.56. The van der Waals surface area contributed by atoms with Gasteiger partial charge in [-0.3, -0.25) is 4.98 Å². The van der Waals surface area contributed by atoms with Crippen LogP contribution in [-0.2, 0) is 5.92 Å². The summed E-state index contributed by atoms with van der Waals surface area (Å²) in [5.74, 6) is -2.83. The molecule has 0 amide bonds. The van der Waals surface area contributed by atoms with Gasteiger partial charge < -0.3 is 0 Å². The predicted octanol–water partition coefficient (Wildman–Crippen LogP) is 2.80. The molecule has 0 aromatic carbocycles. The van der Waals surface area contributed by atoms with Crippen molar-refractivity contribution in [3.63, 3.8) is 0 Å². The van der Waals surface area contributed by atoms with Gasteiger partial charge in [0.25, 0.3) is 5.92 Å². The number of aromatic nitrogens is 1. The van der Waals surface area contributed by atoms with Crippen molar-refractivity contribution in [1.82, 2.24) is 4.98 Å². The van der Waals surface area contributed by atoms with Crippen LogP contribution in [0.15, 0.2) is 18.3 Å². The maximum Gasteiger partial charge on any atom is 0.287 e. The van der Waals surface area contributed by atoms with E-state index in [-0.39, 0.29) is 5.69 Å². The van der Waals surface area contributed by atoms with Crippen molar-refractivity contribution in [3.05, 3.63) is 27.6 Å². The average molecular weight is 269 g/mol. The summed E-state index contributed by atoms with van der Waals surface area (Å²) in [6.07, 6.45) is 1.38. The third-order valence-electron chi connectivity index (χ3n) is 1.17. The van der Waals surface area contributed by atoms with Gasteiger partial charge in [0.1, 0.15) is 5.69 Å². The topological polar surface area (TPSA) is 12.9 Å². The molecular formula is C7H6F2IN. The number of alkyl halides is 2. The monoisotopic (exact) mass is 269 g/mol. The zero-order valence-electron chi connectivity index (χ0n) is 5.81. The van der Waals surface area contributed by atoms with Gasteiger partial charge in [-0.15, -0.1) is 0 Å². The third kappa shape index (κ3) is 2.36. The second-order valence-electron chi connectivity index (χ2n) is 2.25. The molecule has 0 aliphatic heterocycles. The minimum atomic E-state index is -2.83. The van der Waals surface area contributed by atoms with Crippen molar-refractivity contribution in [3.8, 4) is 0 Å². The smallest absolute Gasteiger partial charge is 0.255 e. The number of pyridine rings is 1. The number of hydrogen-bond donors (Lipinski definition) is 0. The molecule has 0 atom stereocenters. The van der Waals surface area contributed by atoms with Crippen LogP contribution >= 0.6 is 22.6 Å². The highest BCUT2D eigenvalue weighted by atomic mass is 127. The number of nitrogens with zero attached hydrogens (tertiary/aromatic N) is 1. The van der Waals surface area contributed by atoms with Crippen molar-refractivity contribution in [2.24, 2.45) is 0 Å². The zero-order valence-corrected chi connectivity index (χ0v) is 7.97. The fourth-order valence-electron chi connectivity index (χ4n) is 0.645. The van der Waals surface area contributed by atoms with E-state index in [1.54, 1.807) is 6.07 Å². The van der Waals surface area contributed by atoms with Gasteiger partial charge in [0, 0.05) is 16.7 Å². The van der Waals surface area contributed by atoms with Crippen LogP contribution in [-0.4, -0.2) is 4.98 Å². The lowest BCUT2D eigenvalue weighted by molar-refractivity contribution is 0.0127. The Kier molecular flexibility index (Phi) is 2.41. The number of rotatable bonds is 1. The molecule has 1 aromatic rings. The van der Waals surface area contributed by atoms with E-state index in [9.17, 15) is 8.78 Å². The molecule has 0 unspecified atom stereocenters. The Labute approximate surface area is 77.0 Å². The fraction of sp³-hybridized carbons (Fsp3) is 0.286. The highest BCUT2D eigenvalue weighted by molar-refractivity contribution is 14.1. The van der Waals surface area contributed by atoms with Crippen molar-refractivity contribution in [2.75, 3.05) is 0 Å². The molecule has 1 nitrogen and oxygen atoms in total. The van der Waals surface area contributed by atoms with E-state index in [0.717, 1.165) is 10.5 Å². The fourth-order valence-corrected chi connectivity index (χ4v) is 1.10. The standard InChI is InChI=1S/C7H6F2IN/c1-7(8,9)6-4-5(10)2-3-11-6/h2-4H,1H3. The average Bonchev–Trinajstić information content (AvgIpc) is 1.86. The van der Waals surface area contributed by atoms with Crippen LogP contribution in [0.5, 0.6) is 0 Å². The summed E-state index contributed by atoms with van der Waals surface area (Å²) < 4.78 is 25.9. The van der Waals surface area contributed by atoms with E-state index >= 15 is 0 Å². The van der Waals surface area contributed by atoms with Gasteiger partial charge >= 0.3 is 0 Å². The molecule has 60 valence electrons. The molecule has 0 N–H and O–H groups in total. The molecule has 11 heavy (non-hydrogen) atoms. The third-order valence-corrected chi connectivity index (χ3v) is 1.84. The Morgan fingerprint density at radius 3 is 2.55 bits per heavy atom. The van der Waals surface area contributed by atoms with Crippen molar-refractivity contribution in [2.45, 2.75) is 12.8 Å². The molecule has 1 aromatic heterocycles. The van der Waals surface area contributed by atoms with Crippen molar-refractivity contribution in [1.29, 1.82) is 0 Å². The minimum Gasteiger partial charge on any atom is -0.255 e. The van der Waals surface area contributed by atoms with E-state index in [4.69, 9.17) is 0 Å². The summed E-state index contributed by atoms with van der Waals surface area (Å²) in [7, 11) is 0. The largest absolute Gasteiger partial charge is 0.287 e. The van der Waals surface area contributed by atoms with Crippen LogP contribution < -0.4 is 0 Å². The summed E-state index contributed by atoms with van der Waals surface area (Å²) in [6.45, 7) is 0.839. The molecule has 0 bridgehead atoms. The van der Waals surface area contributed by atoms with Crippen LogP contribution in [0.4, 0.5) is 8.78 Å². The number of hydrogen-bond acceptors (Lipinski definition) is 1. The molecular weight excluding hydrogens is 263 g/mol. The first kappa shape index (κ1) is 8.83. The van der Waals surface area contributed by atoms with E-state index in [1.807, 2.05) is 22.6 Å². The second kappa shape index (κ2) is 3.00. The summed E-state index contributed by atoms with van der Waals surface area (Å²) in [6, 6.07) is 3.05. The molecule has 1 heterocycles. The van der Waals surface area contributed by atoms with Gasteiger partial charge in [0.2, 0.25) is 0 Å². The van der Waals surface area contributed by atoms with Crippen LogP contribution in [0, 0.1) is 3.57 Å². The molecule has 1 rings (SSSR count). The normalized spacial score (nSPS) is 11.6. The van der Waals surface area contributed by atoms with Crippen LogP contribution in [0.1, 0.15) is 12.6 Å². The van der Waals surface area contributed by atoms with Gasteiger partial charge in [-0.1, -0.05) is 0 Å². The van der Waals surface area contributed by atoms with Crippen LogP contribution in [0.2, 0.25) is 0 Å². The van der Waals surface area contributed by atoms with E-state index < -0.39 is 5.92 Å². The molecule has 0 spiro atoms. The zero-order chi connectivity index (χ0) is 8.48. The first-order valence-corrected chi connectivity index (χ1v) is 4.08. The lowest BCUT2D eigenvalue weighted by Crippen LogP contribution is -2.09. The molecule has 0 saturated carbocycles. The first-order valence-electron chi connectivity index (χ1n) is 3.00. The Hall–Kier alpha value is -0.260. The summed E-state index contributed by atoms with van der Waals surface area (Å²) in [5.41, 5.74) is -0.176. The SMILES string of the molecule is CC(F)(F)c1cc(I)ccn1. The van der Waals surface area contributed by atoms with Gasteiger partial charge in [-0.25, -0.2) is 0 Å². The van der Waals surface area contributed by atoms with Gasteiger partial charge in [-0.05, 0) is 34.7 Å². The van der Waals surface area contributed by atoms with E-state index in [2.05, 4.69) is 4.98 Å². The quantitative estimate of drug-likeness (QED) is 0.714. The van der Waals surface area contributed by atoms with Crippen LogP contribution in [0.3, 0.4) is 0 Å². The van der Waals surface area contributed by atoms with Crippen molar-refractivity contribution >= 4 is 22.6 Å². The molecule has 0 saturated heterocycles. The molecule has 0 radical (unpaired) electrons. The first-order chi connectivity index (χ1) is 5.00. The number of halogens is 3. The maximum absolute atomic E-state index is 12.6.